The van der Waals surface area contributed by atoms with Gasteiger partial charge < -0.3 is 25.1 Å². The Bertz CT molecular complexity index is 1240. The van der Waals surface area contributed by atoms with E-state index in [0.29, 0.717) is 24.3 Å². The lowest BCUT2D eigenvalue weighted by molar-refractivity contribution is 0.0196. The maximum Gasteiger partial charge on any atom is 0.407 e. The van der Waals surface area contributed by atoms with Gasteiger partial charge in [-0.2, -0.15) is 10.2 Å². The van der Waals surface area contributed by atoms with Gasteiger partial charge in [0.15, 0.2) is 0 Å². The summed E-state index contributed by atoms with van der Waals surface area (Å²) in [5.74, 6) is 0.0778. The number of aromatic amines is 1. The molecule has 1 aromatic heterocycles. The third-order valence-corrected chi connectivity index (χ3v) is 8.93. The number of amides is 3. The van der Waals surface area contributed by atoms with Crippen LogP contribution >= 0.6 is 0 Å². The molecule has 2 fully saturated rings. The molecule has 1 aromatic rings. The number of alkyl carbamates (subject to hydrolysis) is 1. The molecule has 0 radical (unpaired) electrons. The Balaban J connectivity index is 1.52. The largest absolute Gasteiger partial charge is 0.449 e. The molecule has 4 unspecified atom stereocenters. The highest BCUT2D eigenvalue weighted by molar-refractivity contribution is 5.87. The summed E-state index contributed by atoms with van der Waals surface area (Å²) in [5.41, 5.74) is 0.493. The van der Waals surface area contributed by atoms with E-state index >= 15 is 0 Å². The van der Waals surface area contributed by atoms with Crippen molar-refractivity contribution in [1.82, 2.24) is 20.6 Å². The van der Waals surface area contributed by atoms with Crippen molar-refractivity contribution in [3.63, 3.8) is 0 Å². The van der Waals surface area contributed by atoms with E-state index in [0.717, 1.165) is 38.5 Å². The van der Waals surface area contributed by atoms with Crippen molar-refractivity contribution in [3.05, 3.63) is 21.6 Å². The van der Waals surface area contributed by atoms with Crippen LogP contribution in [0.3, 0.4) is 0 Å². The van der Waals surface area contributed by atoms with Crippen LogP contribution in [0.15, 0.2) is 4.79 Å². The molecule has 234 valence electrons. The Hall–Kier alpha value is -3.29. The molecule has 0 spiro atoms. The zero-order valence-electron chi connectivity index (χ0n) is 26.7. The second kappa shape index (κ2) is 12.9. The number of nitrogens with zero attached hydrogens (tertiary/aromatic N) is 2. The van der Waals surface area contributed by atoms with Gasteiger partial charge in [0.1, 0.15) is 6.61 Å². The Morgan fingerprint density at radius 3 is 2.19 bits per heavy atom. The average Bonchev–Trinajstić information content (AvgIpc) is 2.82. The molecule has 1 heterocycles. The predicted octanol–water partition coefficient (Wildman–Crippen LogP) is 5.55. The van der Waals surface area contributed by atoms with Crippen LogP contribution in [-0.2, 0) is 15.9 Å². The Morgan fingerprint density at radius 1 is 1.00 bits per heavy atom. The number of nitrogens with one attached hydrogen (secondary N) is 4. The highest BCUT2D eigenvalue weighted by atomic mass is 16.5. The summed E-state index contributed by atoms with van der Waals surface area (Å²) in [6, 6.07) is -0.478. The minimum Gasteiger partial charge on any atom is -0.449 e. The van der Waals surface area contributed by atoms with Gasteiger partial charge in [0.25, 0.3) is 11.8 Å². The van der Waals surface area contributed by atoms with Gasteiger partial charge in [0.2, 0.25) is 5.95 Å². The van der Waals surface area contributed by atoms with Gasteiger partial charge in [-0.25, -0.2) is 9.59 Å². The van der Waals surface area contributed by atoms with E-state index in [9.17, 15) is 14.4 Å². The van der Waals surface area contributed by atoms with Crippen LogP contribution in [-0.4, -0.2) is 47.4 Å². The fourth-order valence-corrected chi connectivity index (χ4v) is 7.80. The number of aryl methyl sites for hydroxylation is 1. The number of rotatable bonds is 9. The summed E-state index contributed by atoms with van der Waals surface area (Å²) in [6.45, 7) is 17.3. The number of hydrogen-bond donors (Lipinski definition) is 4. The molecule has 0 bridgehead atoms. The van der Waals surface area contributed by atoms with Crippen LogP contribution in [0.1, 0.15) is 105 Å². The van der Waals surface area contributed by atoms with Crippen LogP contribution < -0.4 is 21.5 Å². The molecule has 3 amide bonds. The number of carbonyl (C=O) groups excluding carboxylic acids is 2. The van der Waals surface area contributed by atoms with Crippen molar-refractivity contribution in [2.75, 3.05) is 18.5 Å². The first kappa shape index (κ1) is 33.2. The monoisotopic (exact) mass is 586 g/mol. The molecular weight excluding hydrogens is 536 g/mol. The molecule has 11 heteroatoms. The fourth-order valence-electron chi connectivity index (χ4n) is 7.80. The standard InChI is InChI=1S/C31H50N6O5/c1-9-30(7)14-21(12-28(3,4)16-30)34-26(39)37-25-33-20(2)23(24(38)36-25)10-11-42-27(40)35-22-13-29(5,6)17-31(8,15-22)18-41-19-32/h21-22H,9-18H2,1-8H3,(H,35,40)(H3,33,34,36,37,38,39). The molecule has 4 N–H and O–H groups in total. The zero-order chi connectivity index (χ0) is 31.3. The molecule has 0 aliphatic heterocycles. The maximum atomic E-state index is 12.8. The smallest absolute Gasteiger partial charge is 0.407 e. The summed E-state index contributed by atoms with van der Waals surface area (Å²) in [4.78, 5) is 45.1. The van der Waals surface area contributed by atoms with Crippen LogP contribution in [0.25, 0.3) is 0 Å². The quantitative estimate of drug-likeness (QED) is 0.276. The van der Waals surface area contributed by atoms with Gasteiger partial charge in [-0.1, -0.05) is 54.9 Å². The highest BCUT2D eigenvalue weighted by Crippen LogP contribution is 2.48. The number of hydrogen-bond acceptors (Lipinski definition) is 7. The SMILES string of the molecule is CCC1(C)CC(NC(=O)Nc2nc(=O)c(CCOC(=O)NC3CC(C)(C)CC(C)(COC#N)C3)c(C)[nH]2)CC(C)(C)C1. The van der Waals surface area contributed by atoms with E-state index in [-0.39, 0.29) is 52.7 Å². The zero-order valence-corrected chi connectivity index (χ0v) is 26.7. The van der Waals surface area contributed by atoms with E-state index in [1.54, 1.807) is 13.2 Å². The third kappa shape index (κ3) is 9.36. The minimum atomic E-state index is -0.552. The fraction of sp³-hybridized carbons (Fsp3) is 0.774. The molecule has 2 aliphatic carbocycles. The summed E-state index contributed by atoms with van der Waals surface area (Å²) in [5, 5.41) is 17.5. The van der Waals surface area contributed by atoms with Crippen molar-refractivity contribution >= 4 is 18.1 Å². The molecular formula is C31H50N6O5. The van der Waals surface area contributed by atoms with E-state index in [1.807, 2.05) is 0 Å². The molecule has 0 aromatic carbocycles. The molecule has 11 nitrogen and oxygen atoms in total. The first-order valence-corrected chi connectivity index (χ1v) is 15.1. The maximum absolute atomic E-state index is 12.8. The highest BCUT2D eigenvalue weighted by Gasteiger charge is 2.43. The second-order valence-electron chi connectivity index (χ2n) is 14.9. The normalized spacial score (nSPS) is 28.2. The second-order valence-corrected chi connectivity index (χ2v) is 14.9. The van der Waals surface area contributed by atoms with Crippen LogP contribution in [0.4, 0.5) is 15.5 Å². The molecule has 3 rings (SSSR count). The summed E-state index contributed by atoms with van der Waals surface area (Å²) >= 11 is 0. The lowest BCUT2D eigenvalue weighted by Gasteiger charge is -2.46. The number of H-pyrrole nitrogens is 1. The minimum absolute atomic E-state index is 0.00325. The lowest BCUT2D eigenvalue weighted by atomic mass is 9.62. The Morgan fingerprint density at radius 2 is 1.60 bits per heavy atom. The number of nitriles is 1. The van der Waals surface area contributed by atoms with E-state index < -0.39 is 17.7 Å². The first-order valence-electron chi connectivity index (χ1n) is 15.1. The summed E-state index contributed by atoms with van der Waals surface area (Å²) < 4.78 is 10.4. The number of carbonyl (C=O) groups is 2. The van der Waals surface area contributed by atoms with Crippen molar-refractivity contribution in [2.24, 2.45) is 21.7 Å². The summed E-state index contributed by atoms with van der Waals surface area (Å²) in [6.07, 6.45) is 7.68. The number of anilines is 1. The van der Waals surface area contributed by atoms with E-state index in [2.05, 4.69) is 74.4 Å². The molecule has 2 saturated carbocycles. The molecule has 2 aliphatic rings. The first-order chi connectivity index (χ1) is 19.5. The third-order valence-electron chi connectivity index (χ3n) is 8.93. The van der Waals surface area contributed by atoms with Gasteiger partial charge in [-0.3, -0.25) is 10.1 Å². The van der Waals surface area contributed by atoms with Crippen LogP contribution in [0, 0.1) is 40.1 Å². The lowest BCUT2D eigenvalue weighted by Crippen LogP contribution is -2.48. The van der Waals surface area contributed by atoms with Crippen molar-refractivity contribution < 1.29 is 19.1 Å². The molecule has 4 atom stereocenters. The van der Waals surface area contributed by atoms with Crippen molar-refractivity contribution in [1.29, 1.82) is 5.26 Å². The number of ether oxygens (including phenoxy) is 2. The van der Waals surface area contributed by atoms with Crippen molar-refractivity contribution in [3.8, 4) is 6.26 Å². The van der Waals surface area contributed by atoms with Gasteiger partial charge in [0, 0.05) is 35.2 Å². The van der Waals surface area contributed by atoms with Gasteiger partial charge >= 0.3 is 12.1 Å². The number of urea groups is 1. The topological polar surface area (TPSA) is 158 Å². The van der Waals surface area contributed by atoms with E-state index in [4.69, 9.17) is 14.7 Å². The van der Waals surface area contributed by atoms with Crippen LogP contribution in [0.2, 0.25) is 0 Å². The van der Waals surface area contributed by atoms with Crippen LogP contribution in [0.5, 0.6) is 0 Å². The Kier molecular flexibility index (Phi) is 10.2. The van der Waals surface area contributed by atoms with E-state index in [1.165, 1.54) is 0 Å². The average molecular weight is 587 g/mol. The van der Waals surface area contributed by atoms with Gasteiger partial charge in [-0.05, 0) is 61.7 Å². The molecule has 0 saturated heterocycles. The van der Waals surface area contributed by atoms with Gasteiger partial charge in [0.05, 0.1) is 6.61 Å². The van der Waals surface area contributed by atoms with Crippen molar-refractivity contribution in [2.45, 2.75) is 119 Å². The Labute approximate surface area is 249 Å². The predicted molar refractivity (Wildman–Crippen MR) is 161 cm³/mol. The summed E-state index contributed by atoms with van der Waals surface area (Å²) in [7, 11) is 0. The van der Waals surface area contributed by atoms with Gasteiger partial charge in [-0.15, -0.1) is 0 Å². The number of aromatic nitrogens is 2. The molecule has 42 heavy (non-hydrogen) atoms.